The van der Waals surface area contributed by atoms with Crippen LogP contribution >= 0.6 is 11.6 Å². The Balaban J connectivity index is 2.27. The number of hydrogen-bond donors (Lipinski definition) is 0. The molecule has 3 heteroatoms. The van der Waals surface area contributed by atoms with Crippen molar-refractivity contribution in [1.29, 1.82) is 5.26 Å². The van der Waals surface area contributed by atoms with E-state index in [1.807, 2.05) is 54.6 Å². The van der Waals surface area contributed by atoms with E-state index in [0.29, 0.717) is 10.7 Å². The van der Waals surface area contributed by atoms with Crippen molar-refractivity contribution in [2.24, 2.45) is 0 Å². The lowest BCUT2D eigenvalue weighted by atomic mass is 9.94. The standard InChI is InChI=1S/C18H11ClN2/c19-18-10-16(13-6-2-1-3-7-13)17(12-21-18)15-9-5-4-8-14(15)11-20/h1-10,12H. The first-order valence-corrected chi connectivity index (χ1v) is 6.88. The van der Waals surface area contributed by atoms with E-state index >= 15 is 0 Å². The SMILES string of the molecule is N#Cc1ccccc1-c1cnc(Cl)cc1-c1ccccc1. The van der Waals surface area contributed by atoms with Crippen LogP contribution in [0.5, 0.6) is 0 Å². The highest BCUT2D eigenvalue weighted by Crippen LogP contribution is 2.34. The summed E-state index contributed by atoms with van der Waals surface area (Å²) in [5, 5.41) is 9.74. The molecule has 0 radical (unpaired) electrons. The molecule has 2 nitrogen and oxygen atoms in total. The van der Waals surface area contributed by atoms with Gasteiger partial charge in [0.15, 0.2) is 0 Å². The van der Waals surface area contributed by atoms with Crippen molar-refractivity contribution in [2.45, 2.75) is 0 Å². The minimum absolute atomic E-state index is 0.437. The Labute approximate surface area is 128 Å². The molecule has 21 heavy (non-hydrogen) atoms. The molecule has 1 aromatic heterocycles. The second kappa shape index (κ2) is 5.78. The molecule has 0 saturated carbocycles. The molecule has 0 aliphatic heterocycles. The number of aromatic nitrogens is 1. The third-order valence-electron chi connectivity index (χ3n) is 3.29. The van der Waals surface area contributed by atoms with Gasteiger partial charge < -0.3 is 0 Å². The first kappa shape index (κ1) is 13.4. The molecule has 0 spiro atoms. The Kier molecular flexibility index (Phi) is 3.68. The van der Waals surface area contributed by atoms with E-state index in [1.165, 1.54) is 0 Å². The van der Waals surface area contributed by atoms with Crippen molar-refractivity contribution in [2.75, 3.05) is 0 Å². The average Bonchev–Trinajstić information content (AvgIpc) is 2.55. The average molecular weight is 291 g/mol. The van der Waals surface area contributed by atoms with Crippen molar-refractivity contribution in [3.63, 3.8) is 0 Å². The molecule has 2 aromatic carbocycles. The van der Waals surface area contributed by atoms with Crippen LogP contribution in [0.3, 0.4) is 0 Å². The summed E-state index contributed by atoms with van der Waals surface area (Å²) in [6.45, 7) is 0. The fraction of sp³-hybridized carbons (Fsp3) is 0. The smallest absolute Gasteiger partial charge is 0.129 e. The number of rotatable bonds is 2. The maximum absolute atomic E-state index is 9.30. The van der Waals surface area contributed by atoms with Gasteiger partial charge in [0, 0.05) is 17.3 Å². The van der Waals surface area contributed by atoms with Crippen molar-refractivity contribution < 1.29 is 0 Å². The molecule has 3 rings (SSSR count). The molecule has 0 aliphatic carbocycles. The molecule has 0 atom stereocenters. The Hall–Kier alpha value is -2.63. The van der Waals surface area contributed by atoms with Gasteiger partial charge >= 0.3 is 0 Å². The highest BCUT2D eigenvalue weighted by Gasteiger charge is 2.12. The van der Waals surface area contributed by atoms with Gasteiger partial charge in [-0.05, 0) is 23.3 Å². The zero-order chi connectivity index (χ0) is 14.7. The summed E-state index contributed by atoms with van der Waals surface area (Å²) in [5.74, 6) is 0. The van der Waals surface area contributed by atoms with E-state index in [1.54, 1.807) is 12.3 Å². The third-order valence-corrected chi connectivity index (χ3v) is 3.50. The molecule has 1 heterocycles. The van der Waals surface area contributed by atoms with E-state index in [2.05, 4.69) is 11.1 Å². The van der Waals surface area contributed by atoms with Crippen LogP contribution in [0.25, 0.3) is 22.3 Å². The van der Waals surface area contributed by atoms with Crippen LogP contribution < -0.4 is 0 Å². The van der Waals surface area contributed by atoms with Gasteiger partial charge in [-0.3, -0.25) is 0 Å². The quantitative estimate of drug-likeness (QED) is 0.627. The Morgan fingerprint density at radius 2 is 1.57 bits per heavy atom. The number of halogens is 1. The minimum Gasteiger partial charge on any atom is -0.244 e. The summed E-state index contributed by atoms with van der Waals surface area (Å²) >= 11 is 6.05. The molecule has 0 bridgehead atoms. The van der Waals surface area contributed by atoms with Crippen molar-refractivity contribution in [3.8, 4) is 28.3 Å². The lowest BCUT2D eigenvalue weighted by Gasteiger charge is -2.11. The van der Waals surface area contributed by atoms with Crippen LogP contribution in [-0.2, 0) is 0 Å². The molecular formula is C18H11ClN2. The van der Waals surface area contributed by atoms with E-state index in [0.717, 1.165) is 22.3 Å². The van der Waals surface area contributed by atoms with Crippen molar-refractivity contribution in [3.05, 3.63) is 77.6 Å². The number of pyridine rings is 1. The predicted molar refractivity (Wildman–Crippen MR) is 84.8 cm³/mol. The summed E-state index contributed by atoms with van der Waals surface area (Å²) in [6.07, 6.45) is 1.72. The van der Waals surface area contributed by atoms with Gasteiger partial charge in [-0.1, -0.05) is 60.1 Å². The lowest BCUT2D eigenvalue weighted by molar-refractivity contribution is 1.32. The first-order valence-electron chi connectivity index (χ1n) is 6.50. The van der Waals surface area contributed by atoms with Gasteiger partial charge in [0.2, 0.25) is 0 Å². The fourth-order valence-corrected chi connectivity index (χ4v) is 2.47. The van der Waals surface area contributed by atoms with E-state index < -0.39 is 0 Å². The predicted octanol–water partition coefficient (Wildman–Crippen LogP) is 4.94. The van der Waals surface area contributed by atoms with Crippen molar-refractivity contribution in [1.82, 2.24) is 4.98 Å². The van der Waals surface area contributed by atoms with Crippen LogP contribution in [0.4, 0.5) is 0 Å². The van der Waals surface area contributed by atoms with Crippen LogP contribution in [0.15, 0.2) is 66.9 Å². The number of benzene rings is 2. The normalized spacial score (nSPS) is 10.1. The maximum Gasteiger partial charge on any atom is 0.129 e. The van der Waals surface area contributed by atoms with Gasteiger partial charge in [0.25, 0.3) is 0 Å². The van der Waals surface area contributed by atoms with Gasteiger partial charge in [-0.2, -0.15) is 5.26 Å². The molecule has 0 fully saturated rings. The monoisotopic (exact) mass is 290 g/mol. The zero-order valence-corrected chi connectivity index (χ0v) is 11.9. The second-order valence-electron chi connectivity index (χ2n) is 4.58. The summed E-state index contributed by atoms with van der Waals surface area (Å²) in [5.41, 5.74) is 4.41. The molecule has 0 saturated heterocycles. The zero-order valence-electron chi connectivity index (χ0n) is 11.1. The topological polar surface area (TPSA) is 36.7 Å². The first-order chi connectivity index (χ1) is 10.3. The van der Waals surface area contributed by atoms with Gasteiger partial charge in [-0.25, -0.2) is 4.98 Å². The molecule has 0 amide bonds. The van der Waals surface area contributed by atoms with Crippen LogP contribution in [0.2, 0.25) is 5.15 Å². The Morgan fingerprint density at radius 1 is 0.857 bits per heavy atom. The molecule has 0 N–H and O–H groups in total. The molecule has 100 valence electrons. The second-order valence-corrected chi connectivity index (χ2v) is 4.96. The summed E-state index contributed by atoms with van der Waals surface area (Å²) < 4.78 is 0. The summed E-state index contributed by atoms with van der Waals surface area (Å²) in [4.78, 5) is 4.17. The van der Waals surface area contributed by atoms with Crippen molar-refractivity contribution >= 4 is 11.6 Å². The summed E-state index contributed by atoms with van der Waals surface area (Å²) in [6, 6.07) is 21.5. The maximum atomic E-state index is 9.30. The van der Waals surface area contributed by atoms with Crippen LogP contribution in [-0.4, -0.2) is 4.98 Å². The van der Waals surface area contributed by atoms with Gasteiger partial charge in [0.1, 0.15) is 5.15 Å². The largest absolute Gasteiger partial charge is 0.244 e. The van der Waals surface area contributed by atoms with E-state index in [4.69, 9.17) is 11.6 Å². The Morgan fingerprint density at radius 3 is 2.33 bits per heavy atom. The Bertz CT molecular complexity index is 820. The molecular weight excluding hydrogens is 280 g/mol. The lowest BCUT2D eigenvalue weighted by Crippen LogP contribution is -1.90. The summed E-state index contributed by atoms with van der Waals surface area (Å²) in [7, 11) is 0. The van der Waals surface area contributed by atoms with Crippen LogP contribution in [0, 0.1) is 11.3 Å². The van der Waals surface area contributed by atoms with E-state index in [9.17, 15) is 5.26 Å². The minimum atomic E-state index is 0.437. The molecule has 3 aromatic rings. The highest BCUT2D eigenvalue weighted by molar-refractivity contribution is 6.29. The number of nitrogens with zero attached hydrogens (tertiary/aromatic N) is 2. The molecule has 0 aliphatic rings. The van der Waals surface area contributed by atoms with Gasteiger partial charge in [0.05, 0.1) is 11.6 Å². The fourth-order valence-electron chi connectivity index (χ4n) is 2.32. The van der Waals surface area contributed by atoms with Crippen LogP contribution in [0.1, 0.15) is 5.56 Å². The van der Waals surface area contributed by atoms with Gasteiger partial charge in [-0.15, -0.1) is 0 Å². The third kappa shape index (κ3) is 2.65. The molecule has 0 unspecified atom stereocenters. The highest BCUT2D eigenvalue weighted by atomic mass is 35.5. The van der Waals surface area contributed by atoms with E-state index in [-0.39, 0.29) is 0 Å². The number of hydrogen-bond acceptors (Lipinski definition) is 2. The number of nitriles is 1.